The standard InChI is InChI=1S/C17H30N4O3/c1-13(22)10-8-6-4-5-7-9-11-21-12-19(2)14-15(23)18-17(24)20(3)16(14)21/h13,22H,4-12H2,1-3H3,(H,18,23,24). The van der Waals surface area contributed by atoms with E-state index in [9.17, 15) is 14.7 Å². The fourth-order valence-electron chi connectivity index (χ4n) is 3.32. The van der Waals surface area contributed by atoms with Crippen LogP contribution in [-0.4, -0.2) is 41.0 Å². The van der Waals surface area contributed by atoms with Gasteiger partial charge in [0.15, 0.2) is 0 Å². The lowest BCUT2D eigenvalue weighted by molar-refractivity contribution is 0.180. The summed E-state index contributed by atoms with van der Waals surface area (Å²) in [5.74, 6) is 0.725. The number of aromatic nitrogens is 2. The van der Waals surface area contributed by atoms with E-state index in [2.05, 4.69) is 9.88 Å². The highest BCUT2D eigenvalue weighted by Gasteiger charge is 2.28. The Bertz CT molecular complexity index is 650. The monoisotopic (exact) mass is 338 g/mol. The number of nitrogens with one attached hydrogen (secondary N) is 1. The summed E-state index contributed by atoms with van der Waals surface area (Å²) in [5.41, 5.74) is -0.0939. The van der Waals surface area contributed by atoms with E-state index in [4.69, 9.17) is 0 Å². The first-order chi connectivity index (χ1) is 11.4. The quantitative estimate of drug-likeness (QED) is 0.665. The number of aliphatic hydroxyl groups excluding tert-OH is 1. The van der Waals surface area contributed by atoms with Crippen molar-refractivity contribution in [3.05, 3.63) is 20.8 Å². The van der Waals surface area contributed by atoms with E-state index >= 15 is 0 Å². The minimum Gasteiger partial charge on any atom is -0.393 e. The van der Waals surface area contributed by atoms with Crippen molar-refractivity contribution in [2.24, 2.45) is 7.05 Å². The number of aliphatic hydroxyl groups is 1. The predicted octanol–water partition coefficient (Wildman–Crippen LogP) is 1.40. The van der Waals surface area contributed by atoms with Gasteiger partial charge in [-0.25, -0.2) is 4.79 Å². The highest BCUT2D eigenvalue weighted by Crippen LogP contribution is 2.29. The fourth-order valence-corrected chi connectivity index (χ4v) is 3.32. The molecular weight excluding hydrogens is 308 g/mol. The number of hydrogen-bond donors (Lipinski definition) is 2. The summed E-state index contributed by atoms with van der Waals surface area (Å²) in [4.78, 5) is 30.2. The maximum Gasteiger partial charge on any atom is 0.329 e. The summed E-state index contributed by atoms with van der Waals surface area (Å²) in [5, 5.41) is 9.22. The van der Waals surface area contributed by atoms with Crippen LogP contribution in [0, 0.1) is 0 Å². The Balaban J connectivity index is 1.80. The molecule has 2 rings (SSSR count). The molecule has 136 valence electrons. The molecule has 0 saturated carbocycles. The lowest BCUT2D eigenvalue weighted by Gasteiger charge is -2.20. The van der Waals surface area contributed by atoms with Crippen molar-refractivity contribution in [1.29, 1.82) is 0 Å². The number of nitrogens with zero attached hydrogens (tertiary/aromatic N) is 3. The molecule has 0 spiro atoms. The maximum atomic E-state index is 12.0. The minimum atomic E-state index is -0.364. The third-order valence-corrected chi connectivity index (χ3v) is 4.63. The second-order valence-corrected chi connectivity index (χ2v) is 6.85. The lowest BCUT2D eigenvalue weighted by Crippen LogP contribution is -2.32. The van der Waals surface area contributed by atoms with Gasteiger partial charge in [0.1, 0.15) is 11.5 Å². The van der Waals surface area contributed by atoms with Crippen LogP contribution in [0.25, 0.3) is 0 Å². The Kier molecular flexibility index (Phi) is 6.48. The van der Waals surface area contributed by atoms with Gasteiger partial charge in [0, 0.05) is 20.6 Å². The molecule has 1 aliphatic rings. The topological polar surface area (TPSA) is 81.6 Å². The summed E-state index contributed by atoms with van der Waals surface area (Å²) in [6.45, 7) is 3.33. The van der Waals surface area contributed by atoms with Gasteiger partial charge in [-0.05, 0) is 19.8 Å². The van der Waals surface area contributed by atoms with E-state index in [0.717, 1.165) is 38.0 Å². The Morgan fingerprint density at radius 1 is 1.08 bits per heavy atom. The second kappa shape index (κ2) is 8.37. The molecule has 1 atom stereocenters. The number of aromatic amines is 1. The number of fused-ring (bicyclic) bond motifs is 1. The normalized spacial score (nSPS) is 15.0. The predicted molar refractivity (Wildman–Crippen MR) is 96.9 cm³/mol. The van der Waals surface area contributed by atoms with E-state index in [1.54, 1.807) is 7.05 Å². The molecule has 24 heavy (non-hydrogen) atoms. The van der Waals surface area contributed by atoms with E-state index < -0.39 is 0 Å². The van der Waals surface area contributed by atoms with Gasteiger partial charge in [-0.2, -0.15) is 0 Å². The van der Waals surface area contributed by atoms with Crippen LogP contribution in [0.15, 0.2) is 9.59 Å². The number of anilines is 2. The van der Waals surface area contributed by atoms with Gasteiger partial charge in [-0.1, -0.05) is 32.1 Å². The molecule has 2 N–H and O–H groups in total. The highest BCUT2D eigenvalue weighted by atomic mass is 16.3. The van der Waals surface area contributed by atoms with Gasteiger partial charge >= 0.3 is 5.69 Å². The molecule has 0 saturated heterocycles. The molecule has 0 radical (unpaired) electrons. The third-order valence-electron chi connectivity index (χ3n) is 4.63. The lowest BCUT2D eigenvalue weighted by atomic mass is 10.1. The zero-order valence-electron chi connectivity index (χ0n) is 15.0. The van der Waals surface area contributed by atoms with E-state index in [-0.39, 0.29) is 17.4 Å². The van der Waals surface area contributed by atoms with Crippen molar-refractivity contribution in [1.82, 2.24) is 9.55 Å². The number of H-pyrrole nitrogens is 1. The van der Waals surface area contributed by atoms with Crippen LogP contribution in [0.2, 0.25) is 0 Å². The average Bonchev–Trinajstić information content (AvgIpc) is 2.84. The summed E-state index contributed by atoms with van der Waals surface area (Å²) in [7, 11) is 3.58. The van der Waals surface area contributed by atoms with Crippen molar-refractivity contribution in [3.63, 3.8) is 0 Å². The molecule has 1 aromatic heterocycles. The number of hydrogen-bond acceptors (Lipinski definition) is 5. The zero-order valence-corrected chi connectivity index (χ0v) is 15.0. The number of rotatable bonds is 9. The Labute approximate surface area is 142 Å². The molecule has 7 nitrogen and oxygen atoms in total. The summed E-state index contributed by atoms with van der Waals surface area (Å²) in [6, 6.07) is 0. The van der Waals surface area contributed by atoms with Crippen molar-refractivity contribution in [3.8, 4) is 0 Å². The third kappa shape index (κ3) is 4.41. The molecule has 2 heterocycles. The molecule has 7 heteroatoms. The molecule has 0 fully saturated rings. The first-order valence-electron chi connectivity index (χ1n) is 8.89. The van der Waals surface area contributed by atoms with Gasteiger partial charge < -0.3 is 14.9 Å². The van der Waals surface area contributed by atoms with E-state index in [1.807, 2.05) is 18.9 Å². The van der Waals surface area contributed by atoms with Gasteiger partial charge in [0.05, 0.1) is 12.8 Å². The van der Waals surface area contributed by atoms with Crippen LogP contribution >= 0.6 is 0 Å². The molecule has 1 aliphatic heterocycles. The average molecular weight is 338 g/mol. The van der Waals surface area contributed by atoms with Crippen LogP contribution in [0.5, 0.6) is 0 Å². The Morgan fingerprint density at radius 3 is 2.38 bits per heavy atom. The van der Waals surface area contributed by atoms with Gasteiger partial charge in [-0.3, -0.25) is 14.3 Å². The Morgan fingerprint density at radius 2 is 1.71 bits per heavy atom. The van der Waals surface area contributed by atoms with Crippen LogP contribution in [0.1, 0.15) is 51.9 Å². The highest BCUT2D eigenvalue weighted by molar-refractivity contribution is 5.71. The molecule has 0 bridgehead atoms. The summed E-state index contributed by atoms with van der Waals surface area (Å²) in [6.07, 6.45) is 7.53. The van der Waals surface area contributed by atoms with Crippen molar-refractivity contribution < 1.29 is 5.11 Å². The molecule has 0 aromatic carbocycles. The molecular formula is C17H30N4O3. The van der Waals surface area contributed by atoms with Crippen molar-refractivity contribution >= 4 is 11.5 Å². The SMILES string of the molecule is CC(O)CCCCCCCCN1CN(C)c2c1n(C)c(=O)[nH]c2=O. The van der Waals surface area contributed by atoms with Crippen LogP contribution in [0.4, 0.5) is 11.5 Å². The molecule has 0 amide bonds. The largest absolute Gasteiger partial charge is 0.393 e. The first-order valence-corrected chi connectivity index (χ1v) is 8.89. The zero-order chi connectivity index (χ0) is 17.7. The van der Waals surface area contributed by atoms with Gasteiger partial charge in [0.25, 0.3) is 5.56 Å². The summed E-state index contributed by atoms with van der Waals surface area (Å²) >= 11 is 0. The Hall–Kier alpha value is -1.76. The fraction of sp³-hybridized carbons (Fsp3) is 0.765. The second-order valence-electron chi connectivity index (χ2n) is 6.85. The smallest absolute Gasteiger partial charge is 0.329 e. The molecule has 1 aromatic rings. The minimum absolute atomic E-state index is 0.188. The van der Waals surface area contributed by atoms with Crippen molar-refractivity contribution in [2.45, 2.75) is 58.0 Å². The van der Waals surface area contributed by atoms with Crippen molar-refractivity contribution in [2.75, 3.05) is 30.1 Å². The maximum absolute atomic E-state index is 12.0. The van der Waals surface area contributed by atoms with Gasteiger partial charge in [-0.15, -0.1) is 0 Å². The summed E-state index contributed by atoms with van der Waals surface area (Å²) < 4.78 is 1.52. The first kappa shape index (κ1) is 18.6. The number of unbranched alkanes of at least 4 members (excludes halogenated alkanes) is 5. The van der Waals surface area contributed by atoms with Crippen LogP contribution in [-0.2, 0) is 7.05 Å². The molecule has 1 unspecified atom stereocenters. The van der Waals surface area contributed by atoms with Crippen LogP contribution in [0.3, 0.4) is 0 Å². The molecule has 0 aliphatic carbocycles. The van der Waals surface area contributed by atoms with E-state index in [0.29, 0.717) is 12.4 Å². The van der Waals surface area contributed by atoms with E-state index in [1.165, 1.54) is 23.8 Å². The van der Waals surface area contributed by atoms with Crippen LogP contribution < -0.4 is 21.0 Å². The van der Waals surface area contributed by atoms with Gasteiger partial charge in [0.2, 0.25) is 0 Å².